The second kappa shape index (κ2) is 8.99. The maximum absolute atomic E-state index is 14.1. The molecule has 1 spiro atoms. The molecule has 0 aliphatic carbocycles. The third-order valence-corrected chi connectivity index (χ3v) is 5.28. The Kier molecular flexibility index (Phi) is 6.15. The van der Waals surface area contributed by atoms with Gasteiger partial charge in [-0.2, -0.15) is 0 Å². The van der Waals surface area contributed by atoms with Crippen LogP contribution in [0.1, 0.15) is 16.8 Å². The zero-order valence-corrected chi connectivity index (χ0v) is 16.9. The molecule has 9 heteroatoms. The largest absolute Gasteiger partial charge is 0.347 e. The van der Waals surface area contributed by atoms with Gasteiger partial charge in [0.15, 0.2) is 0 Å². The predicted octanol–water partition coefficient (Wildman–Crippen LogP) is 3.09. The number of morpholine rings is 1. The molecule has 2 aliphatic heterocycles. The van der Waals surface area contributed by atoms with Crippen LogP contribution in [0.5, 0.6) is 0 Å². The Morgan fingerprint density at radius 2 is 1.71 bits per heavy atom. The zero-order valence-electron chi connectivity index (χ0n) is 16.9. The minimum absolute atomic E-state index is 0.0196. The molecule has 7 nitrogen and oxygen atoms in total. The van der Waals surface area contributed by atoms with Crippen molar-refractivity contribution in [3.63, 3.8) is 0 Å². The Morgan fingerprint density at radius 1 is 0.935 bits per heavy atom. The van der Waals surface area contributed by atoms with Gasteiger partial charge in [-0.05, 0) is 36.8 Å². The normalized spacial score (nSPS) is 21.6. The Balaban J connectivity index is 1.48. The number of hydrogen-bond donors (Lipinski definition) is 1. The Bertz CT molecular complexity index is 973. The maximum atomic E-state index is 14.1. The van der Waals surface area contributed by atoms with Crippen molar-refractivity contribution in [3.8, 4) is 0 Å². The molecular formula is C22H23F2N3O4. The summed E-state index contributed by atoms with van der Waals surface area (Å²) in [5.41, 5.74) is 0.319. The Labute approximate surface area is 178 Å². The number of amides is 3. The van der Waals surface area contributed by atoms with Crippen molar-refractivity contribution in [1.82, 2.24) is 9.80 Å². The van der Waals surface area contributed by atoms with E-state index < -0.39 is 29.4 Å². The zero-order chi connectivity index (χ0) is 21.8. The summed E-state index contributed by atoms with van der Waals surface area (Å²) in [6, 6.07) is 11.0. The molecule has 2 heterocycles. The van der Waals surface area contributed by atoms with Gasteiger partial charge < -0.3 is 24.6 Å². The third kappa shape index (κ3) is 4.83. The highest BCUT2D eigenvalue weighted by molar-refractivity contribution is 5.94. The molecule has 1 N–H and O–H groups in total. The first-order valence-electron chi connectivity index (χ1n) is 10.1. The average molecular weight is 431 g/mol. The predicted molar refractivity (Wildman–Crippen MR) is 109 cm³/mol. The molecule has 1 unspecified atom stereocenters. The summed E-state index contributed by atoms with van der Waals surface area (Å²) in [7, 11) is 0. The van der Waals surface area contributed by atoms with E-state index in [1.54, 1.807) is 12.1 Å². The van der Waals surface area contributed by atoms with Crippen molar-refractivity contribution in [2.75, 3.05) is 44.7 Å². The molecule has 2 saturated heterocycles. The van der Waals surface area contributed by atoms with Crippen LogP contribution in [0.4, 0.5) is 19.3 Å². The van der Waals surface area contributed by atoms with E-state index >= 15 is 0 Å². The van der Waals surface area contributed by atoms with Crippen molar-refractivity contribution >= 4 is 17.6 Å². The fourth-order valence-electron chi connectivity index (χ4n) is 3.79. The van der Waals surface area contributed by atoms with Crippen molar-refractivity contribution < 1.29 is 27.8 Å². The van der Waals surface area contributed by atoms with Crippen LogP contribution in [0, 0.1) is 11.6 Å². The van der Waals surface area contributed by atoms with Crippen molar-refractivity contribution in [1.29, 1.82) is 0 Å². The van der Waals surface area contributed by atoms with Crippen molar-refractivity contribution in [2.45, 2.75) is 12.2 Å². The van der Waals surface area contributed by atoms with Gasteiger partial charge in [0.1, 0.15) is 11.6 Å². The summed E-state index contributed by atoms with van der Waals surface area (Å²) in [5, 5.41) is 2.68. The first kappa shape index (κ1) is 21.2. The highest BCUT2D eigenvalue weighted by atomic mass is 19.1. The monoisotopic (exact) mass is 431 g/mol. The number of rotatable bonds is 2. The van der Waals surface area contributed by atoms with E-state index in [0.717, 1.165) is 0 Å². The van der Waals surface area contributed by atoms with Gasteiger partial charge in [-0.1, -0.05) is 18.2 Å². The fourth-order valence-corrected chi connectivity index (χ4v) is 3.79. The van der Waals surface area contributed by atoms with E-state index in [9.17, 15) is 18.4 Å². The van der Waals surface area contributed by atoms with E-state index in [0.29, 0.717) is 25.3 Å². The second-order valence-electron chi connectivity index (χ2n) is 7.53. The van der Waals surface area contributed by atoms with Crippen LogP contribution < -0.4 is 5.32 Å². The first-order valence-corrected chi connectivity index (χ1v) is 10.1. The van der Waals surface area contributed by atoms with Crippen molar-refractivity contribution in [3.05, 3.63) is 65.7 Å². The number of ether oxygens (including phenoxy) is 2. The number of carbonyl (C=O) groups is 2. The Morgan fingerprint density at radius 3 is 2.52 bits per heavy atom. The molecule has 3 amide bonds. The summed E-state index contributed by atoms with van der Waals surface area (Å²) in [4.78, 5) is 28.7. The van der Waals surface area contributed by atoms with E-state index in [2.05, 4.69) is 5.32 Å². The number of carbonyl (C=O) groups excluding carboxylic acids is 2. The van der Waals surface area contributed by atoms with Crippen LogP contribution in [0.25, 0.3) is 0 Å². The number of anilines is 1. The number of halogens is 2. The van der Waals surface area contributed by atoms with E-state index in [1.807, 2.05) is 0 Å². The van der Waals surface area contributed by atoms with Crippen LogP contribution >= 0.6 is 0 Å². The summed E-state index contributed by atoms with van der Waals surface area (Å²) < 4.78 is 39.4. The first-order chi connectivity index (χ1) is 15.0. The third-order valence-electron chi connectivity index (χ3n) is 5.28. The minimum Gasteiger partial charge on any atom is -0.347 e. The molecule has 0 radical (unpaired) electrons. The van der Waals surface area contributed by atoms with Crippen LogP contribution in [0.15, 0.2) is 48.5 Å². The second-order valence-corrected chi connectivity index (χ2v) is 7.53. The van der Waals surface area contributed by atoms with Crippen LogP contribution in [0.2, 0.25) is 0 Å². The summed E-state index contributed by atoms with van der Waals surface area (Å²) in [6.07, 6.45) is 0.572. The lowest BCUT2D eigenvalue weighted by molar-refractivity contribution is -0.258. The van der Waals surface area contributed by atoms with Gasteiger partial charge in [-0.25, -0.2) is 13.6 Å². The molecule has 31 heavy (non-hydrogen) atoms. The van der Waals surface area contributed by atoms with Crippen LogP contribution in [-0.4, -0.2) is 66.9 Å². The molecule has 2 aromatic carbocycles. The smallest absolute Gasteiger partial charge is 0.322 e. The lowest BCUT2D eigenvalue weighted by Gasteiger charge is -2.43. The van der Waals surface area contributed by atoms with Crippen molar-refractivity contribution in [2.24, 2.45) is 0 Å². The van der Waals surface area contributed by atoms with Crippen LogP contribution in [-0.2, 0) is 9.47 Å². The molecule has 2 aromatic rings. The fraction of sp³-hybridized carbons (Fsp3) is 0.364. The highest BCUT2D eigenvalue weighted by Crippen LogP contribution is 2.26. The molecule has 2 fully saturated rings. The van der Waals surface area contributed by atoms with Crippen LogP contribution in [0.3, 0.4) is 0 Å². The molecular weight excluding hydrogens is 408 g/mol. The minimum atomic E-state index is -1.21. The number of benzene rings is 2. The standard InChI is InChI=1S/C22H23F2N3O4/c23-16-5-3-6-17(13-16)25-21(29)27-9-4-11-30-22(15-27)14-26(10-12-31-22)20(28)18-7-1-2-8-19(18)24/h1-3,5-8,13H,4,9-12,14-15H2,(H,25,29). The number of nitrogens with zero attached hydrogens (tertiary/aromatic N) is 2. The maximum Gasteiger partial charge on any atom is 0.322 e. The SMILES string of the molecule is O=C(Nc1cccc(F)c1)N1CCCOC2(C1)CN(C(=O)c1ccccc1F)CCO2. The average Bonchev–Trinajstić information content (AvgIpc) is 2.96. The van der Waals surface area contributed by atoms with Gasteiger partial charge in [0.25, 0.3) is 5.91 Å². The molecule has 1 atom stereocenters. The van der Waals surface area contributed by atoms with Gasteiger partial charge in [0.2, 0.25) is 5.79 Å². The molecule has 0 saturated carbocycles. The summed E-state index contributed by atoms with van der Waals surface area (Å²) in [5.74, 6) is -2.71. The summed E-state index contributed by atoms with van der Waals surface area (Å²) >= 11 is 0. The van der Waals surface area contributed by atoms with E-state index in [4.69, 9.17) is 9.47 Å². The number of nitrogens with one attached hydrogen (secondary N) is 1. The molecule has 4 rings (SSSR count). The molecule has 0 bridgehead atoms. The van der Waals surface area contributed by atoms with Gasteiger partial charge in [0, 0.05) is 18.8 Å². The van der Waals surface area contributed by atoms with E-state index in [-0.39, 0.29) is 31.8 Å². The van der Waals surface area contributed by atoms with Gasteiger partial charge >= 0.3 is 6.03 Å². The molecule has 164 valence electrons. The molecule has 2 aliphatic rings. The van der Waals surface area contributed by atoms with Gasteiger partial charge in [-0.3, -0.25) is 4.79 Å². The molecule has 0 aromatic heterocycles. The Hall–Kier alpha value is -3.04. The summed E-state index contributed by atoms with van der Waals surface area (Å²) in [6.45, 7) is 1.37. The van der Waals surface area contributed by atoms with Gasteiger partial charge in [0.05, 0.1) is 31.9 Å². The lowest BCUT2D eigenvalue weighted by Crippen LogP contribution is -2.60. The van der Waals surface area contributed by atoms with Gasteiger partial charge in [-0.15, -0.1) is 0 Å². The topological polar surface area (TPSA) is 71.1 Å². The quantitative estimate of drug-likeness (QED) is 0.794. The van der Waals surface area contributed by atoms with E-state index in [1.165, 1.54) is 46.2 Å². The number of hydrogen-bond acceptors (Lipinski definition) is 4. The number of urea groups is 1. The highest BCUT2D eigenvalue weighted by Gasteiger charge is 2.43. The lowest BCUT2D eigenvalue weighted by atomic mass is 10.1.